The monoisotopic (exact) mass is 305 g/mol. The Balaban J connectivity index is 1.85. The maximum Gasteiger partial charge on any atom is 0.342 e. The maximum atomic E-state index is 12.8. The predicted octanol–water partition coefficient (Wildman–Crippen LogP) is 2.59. The quantitative estimate of drug-likeness (QED) is 0.862. The molecule has 1 unspecified atom stereocenters. The summed E-state index contributed by atoms with van der Waals surface area (Å²) in [6.07, 6.45) is 0.438. The third-order valence-corrected chi connectivity index (χ3v) is 3.11. The van der Waals surface area contributed by atoms with Crippen molar-refractivity contribution in [3.05, 3.63) is 59.3 Å². The van der Waals surface area contributed by atoms with Gasteiger partial charge in [0, 0.05) is 6.54 Å². The molecule has 0 aliphatic heterocycles. The zero-order chi connectivity index (χ0) is 16.1. The fourth-order valence-electron chi connectivity index (χ4n) is 1.81. The molecule has 0 spiro atoms. The van der Waals surface area contributed by atoms with E-state index in [1.807, 2.05) is 0 Å². The highest BCUT2D eigenvalue weighted by atomic mass is 19.1. The number of esters is 1. The van der Waals surface area contributed by atoms with Gasteiger partial charge in [0.05, 0.1) is 6.26 Å². The van der Waals surface area contributed by atoms with Gasteiger partial charge in [-0.05, 0) is 37.6 Å². The van der Waals surface area contributed by atoms with Crippen molar-refractivity contribution in [1.82, 2.24) is 5.32 Å². The predicted molar refractivity (Wildman–Crippen MR) is 76.6 cm³/mol. The minimum atomic E-state index is -0.942. The third-order valence-electron chi connectivity index (χ3n) is 3.11. The fraction of sp³-hybridized carbons (Fsp3) is 0.250. The van der Waals surface area contributed by atoms with Gasteiger partial charge in [0.25, 0.3) is 5.91 Å². The van der Waals surface area contributed by atoms with Gasteiger partial charge < -0.3 is 14.5 Å². The molecule has 116 valence electrons. The van der Waals surface area contributed by atoms with Crippen molar-refractivity contribution in [1.29, 1.82) is 0 Å². The molecular weight excluding hydrogens is 289 g/mol. The second kappa shape index (κ2) is 6.89. The highest BCUT2D eigenvalue weighted by molar-refractivity contribution is 5.92. The van der Waals surface area contributed by atoms with Gasteiger partial charge in [0.1, 0.15) is 17.1 Å². The van der Waals surface area contributed by atoms with Crippen LogP contribution >= 0.6 is 0 Å². The molecule has 1 heterocycles. The van der Waals surface area contributed by atoms with Crippen LogP contribution in [0.5, 0.6) is 0 Å². The summed E-state index contributed by atoms with van der Waals surface area (Å²) in [6.45, 7) is 3.34. The van der Waals surface area contributed by atoms with E-state index in [0.717, 1.165) is 5.56 Å². The number of furan rings is 1. The minimum absolute atomic E-state index is 0.228. The standard InChI is InChI=1S/C16H16FNO4/c1-10-14(7-8-21-10)16(20)22-11(2)15(19)18-9-12-3-5-13(17)6-4-12/h3-8,11H,9H2,1-2H3,(H,18,19). The van der Waals surface area contributed by atoms with Crippen molar-refractivity contribution in [3.8, 4) is 0 Å². The highest BCUT2D eigenvalue weighted by Gasteiger charge is 2.20. The van der Waals surface area contributed by atoms with E-state index >= 15 is 0 Å². The van der Waals surface area contributed by atoms with Crippen LogP contribution in [0.2, 0.25) is 0 Å². The van der Waals surface area contributed by atoms with Crippen LogP contribution in [0.4, 0.5) is 4.39 Å². The van der Waals surface area contributed by atoms with E-state index in [4.69, 9.17) is 9.15 Å². The molecule has 1 aromatic heterocycles. The summed E-state index contributed by atoms with van der Waals surface area (Å²) in [5.41, 5.74) is 1.04. The van der Waals surface area contributed by atoms with Gasteiger partial charge in [-0.15, -0.1) is 0 Å². The molecule has 0 aliphatic rings. The van der Waals surface area contributed by atoms with Crippen molar-refractivity contribution in [2.75, 3.05) is 0 Å². The first-order chi connectivity index (χ1) is 10.5. The average molecular weight is 305 g/mol. The molecule has 6 heteroatoms. The van der Waals surface area contributed by atoms with Gasteiger partial charge >= 0.3 is 5.97 Å². The summed E-state index contributed by atoms with van der Waals surface area (Å²) in [7, 11) is 0. The van der Waals surface area contributed by atoms with Crippen molar-refractivity contribution >= 4 is 11.9 Å². The van der Waals surface area contributed by atoms with E-state index in [9.17, 15) is 14.0 Å². The molecular formula is C16H16FNO4. The number of hydrogen-bond acceptors (Lipinski definition) is 4. The Morgan fingerprint density at radius 2 is 1.95 bits per heavy atom. The van der Waals surface area contributed by atoms with Crippen LogP contribution in [0.3, 0.4) is 0 Å². The molecule has 0 fully saturated rings. The van der Waals surface area contributed by atoms with E-state index in [0.29, 0.717) is 5.76 Å². The summed E-state index contributed by atoms with van der Waals surface area (Å²) < 4.78 is 22.9. The molecule has 1 N–H and O–H groups in total. The van der Waals surface area contributed by atoms with Crippen LogP contribution in [-0.4, -0.2) is 18.0 Å². The fourth-order valence-corrected chi connectivity index (χ4v) is 1.81. The van der Waals surface area contributed by atoms with E-state index in [2.05, 4.69) is 5.32 Å². The lowest BCUT2D eigenvalue weighted by molar-refractivity contribution is -0.129. The lowest BCUT2D eigenvalue weighted by Gasteiger charge is -2.13. The number of ether oxygens (including phenoxy) is 1. The Morgan fingerprint density at radius 3 is 2.55 bits per heavy atom. The Labute approximate surface area is 127 Å². The number of carbonyl (C=O) groups excluding carboxylic acids is 2. The summed E-state index contributed by atoms with van der Waals surface area (Å²) in [5.74, 6) is -0.953. The first-order valence-electron chi connectivity index (χ1n) is 6.74. The summed E-state index contributed by atoms with van der Waals surface area (Å²) in [6, 6.07) is 7.25. The van der Waals surface area contributed by atoms with Gasteiger partial charge in [-0.25, -0.2) is 9.18 Å². The van der Waals surface area contributed by atoms with E-state index in [1.165, 1.54) is 31.4 Å². The minimum Gasteiger partial charge on any atom is -0.469 e. The average Bonchev–Trinajstić information content (AvgIpc) is 2.92. The highest BCUT2D eigenvalue weighted by Crippen LogP contribution is 2.11. The smallest absolute Gasteiger partial charge is 0.342 e. The second-order valence-corrected chi connectivity index (χ2v) is 4.78. The van der Waals surface area contributed by atoms with Gasteiger partial charge in [-0.2, -0.15) is 0 Å². The SMILES string of the molecule is Cc1occc1C(=O)OC(C)C(=O)NCc1ccc(F)cc1. The number of nitrogens with one attached hydrogen (secondary N) is 1. The number of amides is 1. The zero-order valence-electron chi connectivity index (χ0n) is 12.3. The van der Waals surface area contributed by atoms with Gasteiger partial charge in [-0.3, -0.25) is 4.79 Å². The van der Waals surface area contributed by atoms with Gasteiger partial charge in [0.2, 0.25) is 0 Å². The molecule has 2 aromatic rings. The molecule has 2 rings (SSSR count). The van der Waals surface area contributed by atoms with Crippen molar-refractivity contribution < 1.29 is 23.1 Å². The Morgan fingerprint density at radius 1 is 1.27 bits per heavy atom. The molecule has 0 saturated heterocycles. The molecule has 0 bridgehead atoms. The lowest BCUT2D eigenvalue weighted by atomic mass is 10.2. The molecule has 1 aromatic carbocycles. The van der Waals surface area contributed by atoms with Gasteiger partial charge in [0.15, 0.2) is 6.10 Å². The lowest BCUT2D eigenvalue weighted by Crippen LogP contribution is -2.35. The number of rotatable bonds is 5. The van der Waals surface area contributed by atoms with Crippen LogP contribution < -0.4 is 5.32 Å². The molecule has 0 aliphatic carbocycles. The molecule has 5 nitrogen and oxygen atoms in total. The third kappa shape index (κ3) is 3.94. The molecule has 1 atom stereocenters. The van der Waals surface area contributed by atoms with Crippen molar-refractivity contribution in [2.45, 2.75) is 26.5 Å². The van der Waals surface area contributed by atoms with Gasteiger partial charge in [-0.1, -0.05) is 12.1 Å². The largest absolute Gasteiger partial charge is 0.469 e. The first-order valence-corrected chi connectivity index (χ1v) is 6.74. The van der Waals surface area contributed by atoms with Crippen molar-refractivity contribution in [2.24, 2.45) is 0 Å². The molecule has 1 amide bonds. The zero-order valence-corrected chi connectivity index (χ0v) is 12.3. The molecule has 0 saturated carbocycles. The van der Waals surface area contributed by atoms with Crippen LogP contribution in [0.15, 0.2) is 41.0 Å². The number of benzene rings is 1. The number of hydrogen-bond donors (Lipinski definition) is 1. The van der Waals surface area contributed by atoms with Crippen molar-refractivity contribution in [3.63, 3.8) is 0 Å². The van der Waals surface area contributed by atoms with Crippen LogP contribution in [0.1, 0.15) is 28.6 Å². The summed E-state index contributed by atoms with van der Waals surface area (Å²) in [5, 5.41) is 2.62. The summed E-state index contributed by atoms with van der Waals surface area (Å²) >= 11 is 0. The normalized spacial score (nSPS) is 11.8. The first kappa shape index (κ1) is 15.8. The van der Waals surface area contributed by atoms with Crippen LogP contribution in [-0.2, 0) is 16.1 Å². The Hall–Kier alpha value is -2.63. The van der Waals surface area contributed by atoms with Crippen LogP contribution in [0, 0.1) is 12.7 Å². The summed E-state index contributed by atoms with van der Waals surface area (Å²) in [4.78, 5) is 23.7. The number of aryl methyl sites for hydroxylation is 1. The second-order valence-electron chi connectivity index (χ2n) is 4.78. The van der Waals surface area contributed by atoms with Crippen LogP contribution in [0.25, 0.3) is 0 Å². The van der Waals surface area contributed by atoms with E-state index < -0.39 is 18.0 Å². The Kier molecular flexibility index (Phi) is 4.93. The number of carbonyl (C=O) groups is 2. The molecule has 0 radical (unpaired) electrons. The molecule has 22 heavy (non-hydrogen) atoms. The van der Waals surface area contributed by atoms with E-state index in [1.54, 1.807) is 19.1 Å². The number of halogens is 1. The maximum absolute atomic E-state index is 12.8. The topological polar surface area (TPSA) is 68.5 Å². The van der Waals surface area contributed by atoms with E-state index in [-0.39, 0.29) is 17.9 Å². The Bertz CT molecular complexity index is 663.